The molecule has 1 aliphatic rings. The van der Waals surface area contributed by atoms with Crippen molar-refractivity contribution in [2.75, 3.05) is 33.7 Å². The zero-order valence-electron chi connectivity index (χ0n) is 10.4. The summed E-state index contributed by atoms with van der Waals surface area (Å²) in [6.07, 6.45) is 4.65. The first kappa shape index (κ1) is 11.7. The summed E-state index contributed by atoms with van der Waals surface area (Å²) in [7, 11) is 4.33. The molecule has 1 unspecified atom stereocenters. The lowest BCUT2D eigenvalue weighted by atomic mass is 9.82. The van der Waals surface area contributed by atoms with E-state index in [0.29, 0.717) is 5.92 Å². The SMILES string of the molecule is CN(C)CC(c1ccc[nH]1)C1CCNCC1. The molecule has 0 saturated carbocycles. The number of rotatable bonds is 4. The Labute approximate surface area is 98.2 Å². The molecule has 16 heavy (non-hydrogen) atoms. The molecular formula is C13H23N3. The highest BCUT2D eigenvalue weighted by atomic mass is 15.1. The number of nitrogens with zero attached hydrogens (tertiary/aromatic N) is 1. The largest absolute Gasteiger partial charge is 0.365 e. The molecule has 1 saturated heterocycles. The Morgan fingerprint density at radius 3 is 2.69 bits per heavy atom. The Hall–Kier alpha value is -0.800. The highest BCUT2D eigenvalue weighted by Gasteiger charge is 2.25. The van der Waals surface area contributed by atoms with Gasteiger partial charge in [-0.1, -0.05) is 0 Å². The van der Waals surface area contributed by atoms with Gasteiger partial charge in [0.05, 0.1) is 0 Å². The number of likely N-dealkylation sites (N-methyl/N-ethyl adjacent to an activating group) is 1. The second kappa shape index (κ2) is 5.51. The van der Waals surface area contributed by atoms with Gasteiger partial charge in [-0.3, -0.25) is 0 Å². The van der Waals surface area contributed by atoms with E-state index in [1.54, 1.807) is 0 Å². The normalized spacial score (nSPS) is 20.2. The van der Waals surface area contributed by atoms with Gasteiger partial charge in [-0.15, -0.1) is 0 Å². The van der Waals surface area contributed by atoms with Crippen molar-refractivity contribution in [1.82, 2.24) is 15.2 Å². The van der Waals surface area contributed by atoms with Gasteiger partial charge in [0.1, 0.15) is 0 Å². The number of hydrogen-bond acceptors (Lipinski definition) is 2. The van der Waals surface area contributed by atoms with E-state index < -0.39 is 0 Å². The van der Waals surface area contributed by atoms with E-state index >= 15 is 0 Å². The van der Waals surface area contributed by atoms with E-state index in [1.165, 1.54) is 31.6 Å². The summed E-state index contributed by atoms with van der Waals surface area (Å²) in [5.74, 6) is 1.48. The van der Waals surface area contributed by atoms with Crippen molar-refractivity contribution in [2.45, 2.75) is 18.8 Å². The van der Waals surface area contributed by atoms with Crippen molar-refractivity contribution in [1.29, 1.82) is 0 Å². The number of aromatic nitrogens is 1. The second-order valence-electron chi connectivity index (χ2n) is 5.08. The van der Waals surface area contributed by atoms with Gasteiger partial charge in [-0.2, -0.15) is 0 Å². The van der Waals surface area contributed by atoms with Crippen LogP contribution in [0.25, 0.3) is 0 Å². The van der Waals surface area contributed by atoms with Gasteiger partial charge in [-0.25, -0.2) is 0 Å². The lowest BCUT2D eigenvalue weighted by Gasteiger charge is -2.32. The van der Waals surface area contributed by atoms with Crippen molar-refractivity contribution in [3.63, 3.8) is 0 Å². The molecule has 3 nitrogen and oxygen atoms in total. The van der Waals surface area contributed by atoms with Gasteiger partial charge in [0, 0.05) is 24.4 Å². The molecule has 90 valence electrons. The monoisotopic (exact) mass is 221 g/mol. The van der Waals surface area contributed by atoms with Crippen molar-refractivity contribution in [3.05, 3.63) is 24.0 Å². The summed E-state index contributed by atoms with van der Waals surface area (Å²) in [6, 6.07) is 4.34. The molecule has 0 aliphatic carbocycles. The van der Waals surface area contributed by atoms with E-state index in [9.17, 15) is 0 Å². The summed E-state index contributed by atoms with van der Waals surface area (Å²) in [5, 5.41) is 3.44. The van der Waals surface area contributed by atoms with Gasteiger partial charge in [-0.05, 0) is 58.1 Å². The van der Waals surface area contributed by atoms with Gasteiger partial charge in [0.25, 0.3) is 0 Å². The van der Waals surface area contributed by atoms with Gasteiger partial charge >= 0.3 is 0 Å². The molecule has 0 spiro atoms. The average molecular weight is 221 g/mol. The van der Waals surface area contributed by atoms with E-state index in [4.69, 9.17) is 0 Å². The van der Waals surface area contributed by atoms with Crippen molar-refractivity contribution >= 4 is 0 Å². The van der Waals surface area contributed by atoms with Crippen LogP contribution in [-0.2, 0) is 0 Å². The molecule has 1 aliphatic heterocycles. The minimum absolute atomic E-state index is 0.659. The molecule has 2 rings (SSSR count). The van der Waals surface area contributed by atoms with Crippen LogP contribution < -0.4 is 5.32 Å². The maximum Gasteiger partial charge on any atom is 0.0194 e. The fourth-order valence-electron chi connectivity index (χ4n) is 2.72. The Balaban J connectivity index is 2.07. The second-order valence-corrected chi connectivity index (χ2v) is 5.08. The van der Waals surface area contributed by atoms with Crippen LogP contribution in [0.4, 0.5) is 0 Å². The molecule has 0 radical (unpaired) electrons. The van der Waals surface area contributed by atoms with E-state index in [1.807, 2.05) is 6.20 Å². The van der Waals surface area contributed by atoms with Gasteiger partial charge < -0.3 is 15.2 Å². The zero-order chi connectivity index (χ0) is 11.4. The quantitative estimate of drug-likeness (QED) is 0.810. The summed E-state index contributed by atoms with van der Waals surface area (Å²) in [5.41, 5.74) is 1.40. The maximum atomic E-state index is 3.44. The smallest absolute Gasteiger partial charge is 0.0194 e. The van der Waals surface area contributed by atoms with Crippen LogP contribution in [0, 0.1) is 5.92 Å². The Kier molecular flexibility index (Phi) is 4.02. The summed E-state index contributed by atoms with van der Waals surface area (Å²) < 4.78 is 0. The molecule has 0 aromatic carbocycles. The zero-order valence-corrected chi connectivity index (χ0v) is 10.4. The van der Waals surface area contributed by atoms with Crippen LogP contribution >= 0.6 is 0 Å². The predicted molar refractivity (Wildman–Crippen MR) is 67.7 cm³/mol. The van der Waals surface area contributed by atoms with E-state index in [-0.39, 0.29) is 0 Å². The Morgan fingerprint density at radius 1 is 1.38 bits per heavy atom. The summed E-state index contributed by atoms with van der Waals surface area (Å²) in [6.45, 7) is 3.50. The number of aromatic amines is 1. The van der Waals surface area contributed by atoms with Gasteiger partial charge in [0.2, 0.25) is 0 Å². The van der Waals surface area contributed by atoms with E-state index in [0.717, 1.165) is 12.5 Å². The standard InChI is InChI=1S/C13H23N3/c1-16(2)10-12(13-4-3-7-15-13)11-5-8-14-9-6-11/h3-4,7,11-12,14-15H,5-6,8-10H2,1-2H3. The average Bonchev–Trinajstić information content (AvgIpc) is 2.80. The lowest BCUT2D eigenvalue weighted by Crippen LogP contribution is -2.34. The first-order valence-electron chi connectivity index (χ1n) is 6.26. The molecule has 1 atom stereocenters. The number of piperidine rings is 1. The highest BCUT2D eigenvalue weighted by Crippen LogP contribution is 2.30. The third kappa shape index (κ3) is 2.86. The van der Waals surface area contributed by atoms with Crippen molar-refractivity contribution in [3.8, 4) is 0 Å². The van der Waals surface area contributed by atoms with E-state index in [2.05, 4.69) is 41.4 Å². The Morgan fingerprint density at radius 2 is 2.12 bits per heavy atom. The minimum Gasteiger partial charge on any atom is -0.365 e. The molecule has 1 fully saturated rings. The molecule has 2 N–H and O–H groups in total. The number of hydrogen-bond donors (Lipinski definition) is 2. The molecule has 2 heterocycles. The fourth-order valence-corrected chi connectivity index (χ4v) is 2.72. The first-order valence-corrected chi connectivity index (χ1v) is 6.26. The lowest BCUT2D eigenvalue weighted by molar-refractivity contribution is 0.259. The molecule has 0 amide bonds. The molecule has 0 bridgehead atoms. The van der Waals surface area contributed by atoms with Crippen LogP contribution in [-0.4, -0.2) is 43.6 Å². The minimum atomic E-state index is 0.659. The summed E-state index contributed by atoms with van der Waals surface area (Å²) >= 11 is 0. The third-order valence-corrected chi connectivity index (χ3v) is 3.54. The number of H-pyrrole nitrogens is 1. The molecule has 3 heteroatoms. The van der Waals surface area contributed by atoms with Crippen LogP contribution in [0.2, 0.25) is 0 Å². The van der Waals surface area contributed by atoms with Crippen LogP contribution in [0.15, 0.2) is 18.3 Å². The molecule has 1 aromatic heterocycles. The number of nitrogens with one attached hydrogen (secondary N) is 2. The first-order chi connectivity index (χ1) is 7.77. The third-order valence-electron chi connectivity index (χ3n) is 3.54. The fraction of sp³-hybridized carbons (Fsp3) is 0.692. The topological polar surface area (TPSA) is 31.1 Å². The van der Waals surface area contributed by atoms with Crippen molar-refractivity contribution in [2.24, 2.45) is 5.92 Å². The van der Waals surface area contributed by atoms with Crippen molar-refractivity contribution < 1.29 is 0 Å². The molecule has 1 aromatic rings. The van der Waals surface area contributed by atoms with Gasteiger partial charge in [0.15, 0.2) is 0 Å². The predicted octanol–water partition coefficient (Wildman–Crippen LogP) is 1.66. The van der Waals surface area contributed by atoms with Crippen LogP contribution in [0.5, 0.6) is 0 Å². The molecular weight excluding hydrogens is 198 g/mol. The maximum absolute atomic E-state index is 3.44. The highest BCUT2D eigenvalue weighted by molar-refractivity contribution is 5.12. The summed E-state index contributed by atoms with van der Waals surface area (Å²) in [4.78, 5) is 5.69. The van der Waals surface area contributed by atoms with Crippen LogP contribution in [0.1, 0.15) is 24.5 Å². The van der Waals surface area contributed by atoms with Crippen LogP contribution in [0.3, 0.4) is 0 Å². The Bertz CT molecular complexity index is 286.